The number of hydrogen-bond acceptors (Lipinski definition) is 6. The molecule has 7 heteroatoms. The Balaban J connectivity index is 1.74. The van der Waals surface area contributed by atoms with Crippen molar-refractivity contribution in [1.29, 1.82) is 0 Å². The number of rotatable bonds is 4. The number of halogens is 1. The van der Waals surface area contributed by atoms with Gasteiger partial charge in [0.2, 0.25) is 11.7 Å². The molecule has 0 fully saturated rings. The van der Waals surface area contributed by atoms with Gasteiger partial charge in [0.1, 0.15) is 5.75 Å². The molecule has 3 aromatic rings. The van der Waals surface area contributed by atoms with Gasteiger partial charge < -0.3 is 15.4 Å². The number of thiophene rings is 1. The second kappa shape index (κ2) is 5.97. The minimum Gasteiger partial charge on any atom is -0.508 e. The molecular formula is C14H12BrN3O2S. The summed E-state index contributed by atoms with van der Waals surface area (Å²) in [5.41, 5.74) is 7.10. The third kappa shape index (κ3) is 3.31. The van der Waals surface area contributed by atoms with Crippen LogP contribution in [0.25, 0.3) is 10.7 Å². The quantitative estimate of drug-likeness (QED) is 0.738. The van der Waals surface area contributed by atoms with E-state index in [9.17, 15) is 5.11 Å². The van der Waals surface area contributed by atoms with Crippen LogP contribution in [0.5, 0.6) is 5.75 Å². The summed E-state index contributed by atoms with van der Waals surface area (Å²) in [4.78, 5) is 5.27. The molecule has 0 aliphatic carbocycles. The van der Waals surface area contributed by atoms with Crippen LogP contribution in [-0.2, 0) is 6.42 Å². The monoisotopic (exact) mass is 365 g/mol. The Morgan fingerprint density at radius 3 is 2.76 bits per heavy atom. The van der Waals surface area contributed by atoms with Gasteiger partial charge in [0.15, 0.2) is 0 Å². The molecule has 1 aromatic carbocycles. The average Bonchev–Trinajstić information content (AvgIpc) is 3.10. The highest BCUT2D eigenvalue weighted by Gasteiger charge is 2.17. The largest absolute Gasteiger partial charge is 0.508 e. The molecule has 2 heterocycles. The molecule has 0 bridgehead atoms. The molecule has 2 aromatic heterocycles. The Hall–Kier alpha value is -1.70. The van der Waals surface area contributed by atoms with Crippen LogP contribution < -0.4 is 5.73 Å². The molecule has 21 heavy (non-hydrogen) atoms. The number of aromatic nitrogens is 2. The molecule has 3 N–H and O–H groups in total. The third-order valence-corrected chi connectivity index (χ3v) is 4.63. The molecule has 108 valence electrons. The van der Waals surface area contributed by atoms with Gasteiger partial charge in [0, 0.05) is 9.85 Å². The summed E-state index contributed by atoms with van der Waals surface area (Å²) in [7, 11) is 0. The van der Waals surface area contributed by atoms with E-state index in [4.69, 9.17) is 10.3 Å². The van der Waals surface area contributed by atoms with Crippen molar-refractivity contribution in [3.63, 3.8) is 0 Å². The van der Waals surface area contributed by atoms with E-state index in [1.807, 2.05) is 23.6 Å². The molecule has 0 saturated carbocycles. The first-order chi connectivity index (χ1) is 10.1. The molecule has 0 radical (unpaired) electrons. The topological polar surface area (TPSA) is 85.2 Å². The highest BCUT2D eigenvalue weighted by molar-refractivity contribution is 9.10. The van der Waals surface area contributed by atoms with Crippen molar-refractivity contribution < 1.29 is 9.63 Å². The number of benzene rings is 1. The number of phenols is 1. The summed E-state index contributed by atoms with van der Waals surface area (Å²) < 4.78 is 6.23. The molecule has 0 spiro atoms. The van der Waals surface area contributed by atoms with E-state index in [2.05, 4.69) is 26.1 Å². The van der Waals surface area contributed by atoms with Gasteiger partial charge in [-0.25, -0.2) is 0 Å². The zero-order valence-corrected chi connectivity index (χ0v) is 13.3. The normalized spacial score (nSPS) is 12.5. The van der Waals surface area contributed by atoms with Crippen LogP contribution in [-0.4, -0.2) is 15.2 Å². The van der Waals surface area contributed by atoms with Crippen LogP contribution >= 0.6 is 27.3 Å². The molecule has 0 amide bonds. The van der Waals surface area contributed by atoms with Crippen LogP contribution in [0.3, 0.4) is 0 Å². The Bertz CT molecular complexity index is 739. The molecule has 5 nitrogen and oxygen atoms in total. The van der Waals surface area contributed by atoms with Gasteiger partial charge in [-0.2, -0.15) is 4.98 Å². The van der Waals surface area contributed by atoms with Crippen LogP contribution in [0.1, 0.15) is 17.5 Å². The molecular weight excluding hydrogens is 354 g/mol. The molecule has 0 unspecified atom stereocenters. The van der Waals surface area contributed by atoms with Crippen molar-refractivity contribution in [1.82, 2.24) is 10.1 Å². The highest BCUT2D eigenvalue weighted by atomic mass is 79.9. The average molecular weight is 366 g/mol. The first-order valence-electron chi connectivity index (χ1n) is 6.23. The zero-order valence-electron chi connectivity index (χ0n) is 10.9. The van der Waals surface area contributed by atoms with E-state index in [0.717, 1.165) is 14.9 Å². The van der Waals surface area contributed by atoms with Crippen molar-refractivity contribution in [2.75, 3.05) is 0 Å². The number of nitrogens with zero attached hydrogens (tertiary/aromatic N) is 2. The Morgan fingerprint density at radius 1 is 1.33 bits per heavy atom. The Labute approximate surface area is 133 Å². The van der Waals surface area contributed by atoms with Crippen molar-refractivity contribution in [3.05, 3.63) is 51.6 Å². The van der Waals surface area contributed by atoms with E-state index in [1.165, 1.54) is 11.3 Å². The van der Waals surface area contributed by atoms with Crippen LogP contribution in [0, 0.1) is 0 Å². The number of hydrogen-bond donors (Lipinski definition) is 2. The highest BCUT2D eigenvalue weighted by Crippen LogP contribution is 2.28. The lowest BCUT2D eigenvalue weighted by Gasteiger charge is -2.06. The third-order valence-electron chi connectivity index (χ3n) is 2.94. The first-order valence-corrected chi connectivity index (χ1v) is 7.90. The van der Waals surface area contributed by atoms with Gasteiger partial charge in [-0.1, -0.05) is 17.3 Å². The van der Waals surface area contributed by atoms with Gasteiger partial charge in [-0.3, -0.25) is 0 Å². The maximum absolute atomic E-state index is 9.26. The molecule has 3 rings (SSSR count). The van der Waals surface area contributed by atoms with Crippen LogP contribution in [0.4, 0.5) is 0 Å². The lowest BCUT2D eigenvalue weighted by atomic mass is 10.1. The Morgan fingerprint density at radius 2 is 2.10 bits per heavy atom. The maximum atomic E-state index is 9.26. The summed E-state index contributed by atoms with van der Waals surface area (Å²) in [6.07, 6.45) is 0.566. The fraction of sp³-hybridized carbons (Fsp3) is 0.143. The van der Waals surface area contributed by atoms with E-state index < -0.39 is 0 Å². The SMILES string of the molecule is N[C@@H](Cc1ccc(O)cc1)c1nc(-c2cc(Br)cs2)no1. The van der Waals surface area contributed by atoms with Crippen molar-refractivity contribution in [2.24, 2.45) is 5.73 Å². The van der Waals surface area contributed by atoms with Crippen LogP contribution in [0.2, 0.25) is 0 Å². The van der Waals surface area contributed by atoms with Crippen molar-refractivity contribution in [2.45, 2.75) is 12.5 Å². The van der Waals surface area contributed by atoms with E-state index >= 15 is 0 Å². The smallest absolute Gasteiger partial charge is 0.244 e. The Kier molecular flexibility index (Phi) is 4.05. The number of aromatic hydroxyl groups is 1. The lowest BCUT2D eigenvalue weighted by Crippen LogP contribution is -2.13. The summed E-state index contributed by atoms with van der Waals surface area (Å²) >= 11 is 4.93. The number of phenolic OH excluding ortho intramolecular Hbond substituents is 1. The predicted octanol–water partition coefficient (Wildman–Crippen LogP) is 3.51. The number of nitrogens with two attached hydrogens (primary N) is 1. The van der Waals surface area contributed by atoms with Gasteiger partial charge in [-0.15, -0.1) is 11.3 Å². The first kappa shape index (κ1) is 14.2. The maximum Gasteiger partial charge on any atom is 0.244 e. The summed E-state index contributed by atoms with van der Waals surface area (Å²) in [5, 5.41) is 15.2. The standard InChI is InChI=1S/C14H12BrN3O2S/c15-9-6-12(21-7-9)13-17-14(20-18-13)11(16)5-8-1-3-10(19)4-2-8/h1-4,6-7,11,19H,5,16H2/t11-/m0/s1. The summed E-state index contributed by atoms with van der Waals surface area (Å²) in [6.45, 7) is 0. The van der Waals surface area contributed by atoms with Gasteiger partial charge in [0.25, 0.3) is 0 Å². The van der Waals surface area contributed by atoms with Gasteiger partial charge in [0.05, 0.1) is 10.9 Å². The predicted molar refractivity (Wildman–Crippen MR) is 84.1 cm³/mol. The minimum atomic E-state index is -0.376. The second-order valence-electron chi connectivity index (χ2n) is 4.56. The summed E-state index contributed by atoms with van der Waals surface area (Å²) in [6, 6.07) is 8.46. The fourth-order valence-electron chi connectivity index (χ4n) is 1.89. The van der Waals surface area contributed by atoms with Crippen molar-refractivity contribution >= 4 is 27.3 Å². The summed E-state index contributed by atoms with van der Waals surface area (Å²) in [5.74, 6) is 1.18. The van der Waals surface area contributed by atoms with E-state index in [-0.39, 0.29) is 11.8 Å². The van der Waals surface area contributed by atoms with Crippen molar-refractivity contribution in [3.8, 4) is 16.5 Å². The second-order valence-corrected chi connectivity index (χ2v) is 6.39. The molecule has 0 aliphatic heterocycles. The van der Waals surface area contributed by atoms with Gasteiger partial charge in [-0.05, 0) is 46.1 Å². The lowest BCUT2D eigenvalue weighted by molar-refractivity contribution is 0.354. The van der Waals surface area contributed by atoms with E-state index in [0.29, 0.717) is 18.1 Å². The molecule has 0 saturated heterocycles. The fourth-order valence-corrected chi connectivity index (χ4v) is 3.24. The zero-order chi connectivity index (χ0) is 14.8. The van der Waals surface area contributed by atoms with Crippen LogP contribution in [0.15, 0.2) is 44.7 Å². The van der Waals surface area contributed by atoms with Gasteiger partial charge >= 0.3 is 0 Å². The van der Waals surface area contributed by atoms with E-state index in [1.54, 1.807) is 12.1 Å². The minimum absolute atomic E-state index is 0.232. The molecule has 1 atom stereocenters. The molecule has 0 aliphatic rings.